The van der Waals surface area contributed by atoms with Gasteiger partial charge < -0.3 is 20.3 Å². The molecule has 10 nitrogen and oxygen atoms in total. The molecular formula is C56H70BClF10N8O2P. The molecule has 0 amide bonds. The summed E-state index contributed by atoms with van der Waals surface area (Å²) in [6, 6.07) is 7.85. The summed E-state index contributed by atoms with van der Waals surface area (Å²) in [6.07, 6.45) is 2.89. The second kappa shape index (κ2) is 27.4. The second-order valence-corrected chi connectivity index (χ2v) is 22.0. The molecule has 5 unspecified atom stereocenters. The van der Waals surface area contributed by atoms with Crippen molar-refractivity contribution in [3.8, 4) is 5.69 Å². The third-order valence-corrected chi connectivity index (χ3v) is 15.8. The highest BCUT2D eigenvalue weighted by Gasteiger charge is 2.67. The number of halogens is 11. The van der Waals surface area contributed by atoms with Crippen LogP contribution in [0, 0.1) is 35.8 Å². The minimum Gasteiger partial charge on any atom is -0.357 e. The lowest BCUT2D eigenvalue weighted by Crippen LogP contribution is -2.34. The van der Waals surface area contributed by atoms with Gasteiger partial charge in [0.05, 0.1) is 11.1 Å². The van der Waals surface area contributed by atoms with Gasteiger partial charge in [0.15, 0.2) is 5.65 Å². The Labute approximate surface area is 463 Å². The Balaban J connectivity index is 0.000000260. The lowest BCUT2D eigenvalue weighted by molar-refractivity contribution is -0.106. The number of aromatic nitrogens is 5. The summed E-state index contributed by atoms with van der Waals surface area (Å²) >= 11 is 6.55. The van der Waals surface area contributed by atoms with Crippen LogP contribution in [0.3, 0.4) is 0 Å². The predicted octanol–water partition coefficient (Wildman–Crippen LogP) is 14.2. The van der Waals surface area contributed by atoms with Crippen molar-refractivity contribution in [2.45, 2.75) is 167 Å². The van der Waals surface area contributed by atoms with E-state index in [9.17, 15) is 44.3 Å². The number of piperidine rings is 1. The van der Waals surface area contributed by atoms with Crippen molar-refractivity contribution in [1.29, 1.82) is 5.41 Å². The number of pyridine rings is 1. The molecule has 4 heterocycles. The fourth-order valence-corrected chi connectivity index (χ4v) is 11.5. The van der Waals surface area contributed by atoms with Crippen molar-refractivity contribution in [3.63, 3.8) is 0 Å². The zero-order valence-corrected chi connectivity index (χ0v) is 47.5. The molecule has 431 valence electrons. The maximum Gasteiger partial charge on any atom is 0.293 e. The summed E-state index contributed by atoms with van der Waals surface area (Å²) in [7, 11) is 5.12. The number of carbonyl (C=O) groups is 1. The maximum atomic E-state index is 15.4. The van der Waals surface area contributed by atoms with Gasteiger partial charge in [0.1, 0.15) is 47.2 Å². The molecule has 2 aromatic carbocycles. The van der Waals surface area contributed by atoms with Crippen LogP contribution in [0.5, 0.6) is 0 Å². The summed E-state index contributed by atoms with van der Waals surface area (Å²) in [5.41, 5.74) is 0.658. The van der Waals surface area contributed by atoms with E-state index in [2.05, 4.69) is 22.2 Å². The van der Waals surface area contributed by atoms with Crippen molar-refractivity contribution >= 4 is 51.2 Å². The highest BCUT2D eigenvalue weighted by atomic mass is 35.5. The van der Waals surface area contributed by atoms with E-state index in [0.29, 0.717) is 34.5 Å². The average Bonchev–Trinajstić information content (AvgIpc) is 2.91. The molecule has 1 radical (unpaired) electrons. The Morgan fingerprint density at radius 3 is 2.18 bits per heavy atom. The van der Waals surface area contributed by atoms with Crippen molar-refractivity contribution in [1.82, 2.24) is 34.4 Å². The molecule has 1 saturated heterocycles. The number of nitrogens with one attached hydrogen (secondary N) is 2. The summed E-state index contributed by atoms with van der Waals surface area (Å²) in [4.78, 5) is 35.6. The number of unbranched alkanes of at least 4 members (excludes halogenated alkanes) is 2. The first-order valence-electron chi connectivity index (χ1n) is 27.0. The zero-order valence-electron chi connectivity index (χ0n) is 45.6. The molecule has 5 atom stereocenters. The van der Waals surface area contributed by atoms with Crippen LogP contribution >= 0.6 is 20.8 Å². The predicted molar refractivity (Wildman–Crippen MR) is 293 cm³/mol. The number of rotatable bonds is 16. The number of alkyl halides is 8. The number of hydrogen-bond acceptors (Lipinski definition) is 8. The van der Waals surface area contributed by atoms with Gasteiger partial charge in [0.25, 0.3) is 25.3 Å². The monoisotopic (exact) mass is 1150 g/mol. The van der Waals surface area contributed by atoms with E-state index < -0.39 is 71.0 Å². The standard InChI is InChI=1S/C34H36BClF5N5OP.C10H10F4N2.C10H20FN.C2H4O/c1-16(2)22(13-18-11-20(37)14-21(38)12-18)32-45-31-28(23(30(39)48)15-25(44-31)19-7-9-34(40,41)10-8-19)33(47)46(32)26-6-5-24(36)27(17(26)3)29(42)35-43-4;1-2-16-8-6(7(15-16)9(11)12)4-3-5(4)10(8,13)14;1-2-3-4-7-12-8-5-10(11)6-9-12;1-2-3/h5-6,11-12,14-16,19,22,30,42-43H,7-10,13,48H2,1-4H3;4-5,9H,2-3H2,1H3;10H,2-9H2,1H3;2H,1H3. The number of hydrogen-bond donors (Lipinski definition) is 2. The van der Waals surface area contributed by atoms with Gasteiger partial charge >= 0.3 is 0 Å². The molecule has 3 fully saturated rings. The highest BCUT2D eigenvalue weighted by molar-refractivity contribution is 7.16. The minimum absolute atomic E-state index is 0.00605. The van der Waals surface area contributed by atoms with E-state index >= 15 is 4.39 Å². The molecule has 4 aliphatic rings. The van der Waals surface area contributed by atoms with Crippen LogP contribution in [0.1, 0.15) is 180 Å². The quantitative estimate of drug-likeness (QED) is 0.0252. The summed E-state index contributed by atoms with van der Waals surface area (Å²) in [6.45, 7) is 14.1. The zero-order chi connectivity index (χ0) is 58.3. The van der Waals surface area contributed by atoms with E-state index in [4.69, 9.17) is 31.8 Å². The molecule has 0 bridgehead atoms. The van der Waals surface area contributed by atoms with Gasteiger partial charge in [0, 0.05) is 89.3 Å². The fraction of sp³-hybridized carbons (Fsp3) is 0.571. The van der Waals surface area contributed by atoms with Gasteiger partial charge in [-0.1, -0.05) is 54.5 Å². The summed E-state index contributed by atoms with van der Waals surface area (Å²) < 4.78 is 140. The van der Waals surface area contributed by atoms with Gasteiger partial charge in [0.2, 0.25) is 5.92 Å². The Kier molecular flexibility index (Phi) is 22.0. The van der Waals surface area contributed by atoms with Gasteiger partial charge in [-0.15, -0.1) is 0 Å². The smallest absolute Gasteiger partial charge is 0.293 e. The molecule has 2 saturated carbocycles. The van der Waals surface area contributed by atoms with Crippen molar-refractivity contribution < 1.29 is 48.7 Å². The molecule has 3 aromatic heterocycles. The van der Waals surface area contributed by atoms with Crippen LogP contribution in [0.25, 0.3) is 16.7 Å². The number of nitrogens with zero attached hydrogens (tertiary/aromatic N) is 6. The number of aldehydes is 1. The molecule has 5 aromatic rings. The SMILES string of the molecule is CC=O.CCCCCN1CCC(F)CC1.CCn1nc(C(F)F)c2c1C(F)(F)C1CC21.CN[B]C(=N)c1c(Cl)ccc(-n2c(C(Cc3cc(F)cc(F)c3)C(C)C)nc3nc(C4CCC(F)(F)CC4)cc(C(F)P)c3c2=O)c1C. The van der Waals surface area contributed by atoms with E-state index in [-0.39, 0.29) is 94.8 Å². The van der Waals surface area contributed by atoms with Crippen molar-refractivity contribution in [2.24, 2.45) is 11.8 Å². The highest BCUT2D eigenvalue weighted by Crippen LogP contribution is 2.68. The Bertz CT molecular complexity index is 2960. The number of aryl methyl sites for hydroxylation is 1. The summed E-state index contributed by atoms with van der Waals surface area (Å²) in [5, 5.41) is 15.2. The molecule has 1 aliphatic heterocycles. The van der Waals surface area contributed by atoms with Gasteiger partial charge in [-0.2, -0.15) is 13.9 Å². The molecule has 3 aliphatic carbocycles. The van der Waals surface area contributed by atoms with Crippen LogP contribution in [0.2, 0.25) is 5.02 Å². The van der Waals surface area contributed by atoms with Crippen LogP contribution < -0.4 is 10.8 Å². The third kappa shape index (κ3) is 14.9. The van der Waals surface area contributed by atoms with Crippen LogP contribution in [-0.2, 0) is 23.7 Å². The largest absolute Gasteiger partial charge is 0.357 e. The number of carbonyl (C=O) groups excluding carboxylic acids is 1. The van der Waals surface area contributed by atoms with E-state index in [0.717, 1.165) is 43.0 Å². The van der Waals surface area contributed by atoms with E-state index in [1.807, 2.05) is 23.1 Å². The Morgan fingerprint density at radius 1 is 0.987 bits per heavy atom. The summed E-state index contributed by atoms with van der Waals surface area (Å²) in [5.74, 6) is -11.1. The third-order valence-electron chi connectivity index (χ3n) is 15.1. The topological polar surface area (TPSA) is 122 Å². The lowest BCUT2D eigenvalue weighted by atomic mass is 9.80. The second-order valence-electron chi connectivity index (χ2n) is 21.0. The molecule has 0 spiro atoms. The van der Waals surface area contributed by atoms with Gasteiger partial charge in [-0.3, -0.25) is 14.0 Å². The van der Waals surface area contributed by atoms with Crippen LogP contribution in [0.15, 0.2) is 41.2 Å². The van der Waals surface area contributed by atoms with Crippen molar-refractivity contribution in [3.05, 3.63) is 114 Å². The average molecular weight is 1150 g/mol. The number of likely N-dealkylation sites (tertiary alicyclic amines) is 1. The Hall–Kier alpha value is -4.72. The first-order valence-corrected chi connectivity index (χ1v) is 28.0. The number of benzene rings is 2. The van der Waals surface area contributed by atoms with Gasteiger partial charge in [-0.25, -0.2) is 45.1 Å². The maximum absolute atomic E-state index is 15.4. The Morgan fingerprint density at radius 2 is 1.62 bits per heavy atom. The number of fused-ring (bicyclic) bond motifs is 4. The van der Waals surface area contributed by atoms with Crippen molar-refractivity contribution in [2.75, 3.05) is 26.7 Å². The normalized spacial score (nSPS) is 19.3. The van der Waals surface area contributed by atoms with Gasteiger partial charge in [-0.05, 0) is 133 Å². The molecule has 2 N–H and O–H groups in total. The molecule has 23 heteroatoms. The fourth-order valence-electron chi connectivity index (χ4n) is 11.0. The first-order chi connectivity index (χ1) is 37.3. The molecular weight excluding hydrogens is 1080 g/mol. The molecule has 9 rings (SSSR count). The van der Waals surface area contributed by atoms with Crippen LogP contribution in [0.4, 0.5) is 43.9 Å². The minimum atomic E-state index is -2.98. The molecule has 79 heavy (non-hydrogen) atoms. The van der Waals surface area contributed by atoms with E-state index in [1.165, 1.54) is 62.9 Å². The van der Waals surface area contributed by atoms with E-state index in [1.54, 1.807) is 33.0 Å². The first kappa shape index (κ1) is 63.5. The van der Waals surface area contributed by atoms with Crippen LogP contribution in [-0.4, -0.2) is 87.3 Å². The lowest BCUT2D eigenvalue weighted by Gasteiger charge is -2.29.